The first-order valence-corrected chi connectivity index (χ1v) is 8.53. The molecule has 2 amide bonds. The van der Waals surface area contributed by atoms with Gasteiger partial charge in [-0.3, -0.25) is 14.2 Å². The van der Waals surface area contributed by atoms with E-state index in [1.807, 2.05) is 24.3 Å². The minimum Gasteiger partial charge on any atom is -0.354 e. The zero-order valence-corrected chi connectivity index (χ0v) is 14.7. The van der Waals surface area contributed by atoms with Gasteiger partial charge in [-0.25, -0.2) is 4.79 Å². The zero-order valence-electron chi connectivity index (χ0n) is 14.7. The lowest BCUT2D eigenvalue weighted by Gasteiger charge is -2.07. The molecule has 0 spiro atoms. The molecule has 3 N–H and O–H groups in total. The number of amides is 2. The van der Waals surface area contributed by atoms with E-state index in [0.717, 1.165) is 16.6 Å². The molecule has 1 heterocycles. The molecular weight excluding hydrogens is 344 g/mol. The summed E-state index contributed by atoms with van der Waals surface area (Å²) in [6.45, 7) is 4.14. The summed E-state index contributed by atoms with van der Waals surface area (Å²) >= 11 is 0. The Morgan fingerprint density at radius 3 is 2.59 bits per heavy atom. The van der Waals surface area contributed by atoms with Crippen molar-refractivity contribution in [2.45, 2.75) is 13.0 Å². The highest BCUT2D eigenvalue weighted by molar-refractivity contribution is 5.98. The van der Waals surface area contributed by atoms with Crippen molar-refractivity contribution in [3.63, 3.8) is 0 Å². The molecule has 0 aliphatic heterocycles. The second-order valence-corrected chi connectivity index (χ2v) is 6.02. The fourth-order valence-corrected chi connectivity index (χ4v) is 2.78. The lowest BCUT2D eigenvalue weighted by atomic mass is 10.1. The third-order valence-corrected chi connectivity index (χ3v) is 4.11. The standard InChI is InChI=1S/C20H20N4O3/c1-2-18(25)22-15-9-7-14(8-10-15)13-19(26)21-11-12-24-17-6-4-3-5-16(17)23-20(24)27/h2-10H,1,11-13H2,(H,21,26)(H,22,25)(H,23,27). The van der Waals surface area contributed by atoms with Gasteiger partial charge < -0.3 is 15.6 Å². The number of nitrogens with zero attached hydrogens (tertiary/aromatic N) is 1. The maximum absolute atomic E-state index is 12.1. The van der Waals surface area contributed by atoms with E-state index in [2.05, 4.69) is 22.2 Å². The Morgan fingerprint density at radius 2 is 1.85 bits per heavy atom. The van der Waals surface area contributed by atoms with E-state index in [4.69, 9.17) is 0 Å². The van der Waals surface area contributed by atoms with Crippen LogP contribution in [0, 0.1) is 0 Å². The number of H-pyrrole nitrogens is 1. The van der Waals surface area contributed by atoms with Gasteiger partial charge in [0.1, 0.15) is 0 Å². The number of rotatable bonds is 7. The monoisotopic (exact) mass is 364 g/mol. The van der Waals surface area contributed by atoms with E-state index >= 15 is 0 Å². The summed E-state index contributed by atoms with van der Waals surface area (Å²) in [7, 11) is 0. The molecule has 2 aromatic carbocycles. The van der Waals surface area contributed by atoms with Gasteiger partial charge in [-0.15, -0.1) is 0 Å². The van der Waals surface area contributed by atoms with Crippen LogP contribution in [0.15, 0.2) is 66.0 Å². The van der Waals surface area contributed by atoms with E-state index in [1.54, 1.807) is 28.8 Å². The van der Waals surface area contributed by atoms with Crippen LogP contribution in [0.5, 0.6) is 0 Å². The topological polar surface area (TPSA) is 96.0 Å². The van der Waals surface area contributed by atoms with Crippen LogP contribution in [0.1, 0.15) is 5.56 Å². The van der Waals surface area contributed by atoms with Crippen LogP contribution in [0.4, 0.5) is 5.69 Å². The van der Waals surface area contributed by atoms with Crippen LogP contribution in [-0.2, 0) is 22.6 Å². The summed E-state index contributed by atoms with van der Waals surface area (Å²) in [5, 5.41) is 5.47. The second kappa shape index (κ2) is 8.18. The number of fused-ring (bicyclic) bond motifs is 1. The largest absolute Gasteiger partial charge is 0.354 e. The number of carbonyl (C=O) groups is 2. The predicted octanol–water partition coefficient (Wildman–Crippen LogP) is 1.81. The number of aromatic amines is 1. The van der Waals surface area contributed by atoms with Gasteiger partial charge >= 0.3 is 5.69 Å². The number of anilines is 1. The normalized spacial score (nSPS) is 10.5. The van der Waals surface area contributed by atoms with Gasteiger partial charge in [-0.2, -0.15) is 0 Å². The Bertz CT molecular complexity index is 1030. The zero-order chi connectivity index (χ0) is 19.2. The van der Waals surface area contributed by atoms with Gasteiger partial charge in [-0.1, -0.05) is 30.8 Å². The van der Waals surface area contributed by atoms with Crippen molar-refractivity contribution in [3.8, 4) is 0 Å². The molecule has 0 atom stereocenters. The first-order chi connectivity index (χ1) is 13.1. The summed E-state index contributed by atoms with van der Waals surface area (Å²) in [4.78, 5) is 38.1. The number of para-hydroxylation sites is 2. The molecule has 0 aliphatic carbocycles. The maximum atomic E-state index is 12.1. The van der Waals surface area contributed by atoms with Crippen LogP contribution in [0.25, 0.3) is 11.0 Å². The third-order valence-electron chi connectivity index (χ3n) is 4.11. The molecule has 0 radical (unpaired) electrons. The van der Waals surface area contributed by atoms with Crippen LogP contribution in [-0.4, -0.2) is 27.9 Å². The summed E-state index contributed by atoms with van der Waals surface area (Å²) in [6, 6.07) is 14.5. The average molecular weight is 364 g/mol. The van der Waals surface area contributed by atoms with Gasteiger partial charge in [0, 0.05) is 18.8 Å². The van der Waals surface area contributed by atoms with Crippen LogP contribution in [0.3, 0.4) is 0 Å². The van der Waals surface area contributed by atoms with E-state index in [9.17, 15) is 14.4 Å². The predicted molar refractivity (Wildman–Crippen MR) is 105 cm³/mol. The van der Waals surface area contributed by atoms with Gasteiger partial charge in [-0.05, 0) is 35.9 Å². The Morgan fingerprint density at radius 1 is 1.11 bits per heavy atom. The highest BCUT2D eigenvalue weighted by atomic mass is 16.2. The lowest BCUT2D eigenvalue weighted by Crippen LogP contribution is -2.31. The molecule has 27 heavy (non-hydrogen) atoms. The number of nitrogens with one attached hydrogen (secondary N) is 3. The van der Waals surface area contributed by atoms with E-state index in [1.165, 1.54) is 6.08 Å². The highest BCUT2D eigenvalue weighted by Gasteiger charge is 2.07. The van der Waals surface area contributed by atoms with E-state index < -0.39 is 0 Å². The molecule has 0 saturated carbocycles. The number of hydrogen-bond acceptors (Lipinski definition) is 3. The van der Waals surface area contributed by atoms with Crippen LogP contribution in [0.2, 0.25) is 0 Å². The van der Waals surface area contributed by atoms with Crippen molar-refractivity contribution in [2.24, 2.45) is 0 Å². The van der Waals surface area contributed by atoms with Crippen molar-refractivity contribution < 1.29 is 9.59 Å². The Hall–Kier alpha value is -3.61. The van der Waals surface area contributed by atoms with Crippen LogP contribution >= 0.6 is 0 Å². The summed E-state index contributed by atoms with van der Waals surface area (Å²) in [5.74, 6) is -0.418. The van der Waals surface area contributed by atoms with Gasteiger partial charge in [0.2, 0.25) is 11.8 Å². The molecule has 3 rings (SSSR count). The number of benzene rings is 2. The molecule has 138 valence electrons. The fraction of sp³-hybridized carbons (Fsp3) is 0.150. The first-order valence-electron chi connectivity index (χ1n) is 8.53. The van der Waals surface area contributed by atoms with E-state index in [-0.39, 0.29) is 23.9 Å². The van der Waals surface area contributed by atoms with E-state index in [0.29, 0.717) is 18.8 Å². The van der Waals surface area contributed by atoms with Gasteiger partial charge in [0.15, 0.2) is 0 Å². The first kappa shape index (κ1) is 18.2. The molecular formula is C20H20N4O3. The quantitative estimate of drug-likeness (QED) is 0.558. The summed E-state index contributed by atoms with van der Waals surface area (Å²) < 4.78 is 1.60. The molecule has 1 aromatic heterocycles. The lowest BCUT2D eigenvalue weighted by molar-refractivity contribution is -0.120. The highest BCUT2D eigenvalue weighted by Crippen LogP contribution is 2.10. The minimum absolute atomic E-state index is 0.134. The SMILES string of the molecule is C=CC(=O)Nc1ccc(CC(=O)NCCn2c(=O)[nH]c3ccccc32)cc1. The van der Waals surface area contributed by atoms with Gasteiger partial charge in [0.25, 0.3) is 0 Å². The number of aromatic nitrogens is 2. The minimum atomic E-state index is -0.284. The molecule has 0 unspecified atom stereocenters. The van der Waals surface area contributed by atoms with Crippen molar-refractivity contribution in [1.82, 2.24) is 14.9 Å². The number of carbonyl (C=O) groups excluding carboxylic acids is 2. The molecule has 0 saturated heterocycles. The van der Waals surface area contributed by atoms with Crippen LogP contribution < -0.4 is 16.3 Å². The number of hydrogen-bond donors (Lipinski definition) is 3. The molecule has 3 aromatic rings. The average Bonchev–Trinajstić information content (AvgIpc) is 2.99. The molecule has 0 aliphatic rings. The summed E-state index contributed by atoms with van der Waals surface area (Å²) in [6.07, 6.45) is 1.42. The fourth-order valence-electron chi connectivity index (χ4n) is 2.78. The van der Waals surface area contributed by atoms with Crippen molar-refractivity contribution in [2.75, 3.05) is 11.9 Å². The number of imidazole rings is 1. The molecule has 7 nitrogen and oxygen atoms in total. The smallest absolute Gasteiger partial charge is 0.326 e. The Kier molecular flexibility index (Phi) is 5.51. The van der Waals surface area contributed by atoms with Crippen molar-refractivity contribution in [3.05, 3.63) is 77.2 Å². The maximum Gasteiger partial charge on any atom is 0.326 e. The van der Waals surface area contributed by atoms with Crippen molar-refractivity contribution in [1.29, 1.82) is 0 Å². The van der Waals surface area contributed by atoms with Crippen molar-refractivity contribution >= 4 is 28.5 Å². The molecule has 0 bridgehead atoms. The molecule has 0 fully saturated rings. The Balaban J connectivity index is 1.52. The second-order valence-electron chi connectivity index (χ2n) is 6.02. The Labute approximate surface area is 155 Å². The molecule has 7 heteroatoms. The summed E-state index contributed by atoms with van der Waals surface area (Å²) in [5.41, 5.74) is 2.87. The van der Waals surface area contributed by atoms with Gasteiger partial charge in [0.05, 0.1) is 17.5 Å². The third kappa shape index (κ3) is 4.52.